The molecule has 0 bridgehead atoms. The molecule has 0 spiro atoms. The predicted octanol–water partition coefficient (Wildman–Crippen LogP) is 4.57. The molecule has 0 unspecified atom stereocenters. The molecule has 29 heavy (non-hydrogen) atoms. The van der Waals surface area contributed by atoms with E-state index in [-0.39, 0.29) is 5.43 Å². The lowest BCUT2D eigenvalue weighted by atomic mass is 10.1. The average molecular weight is 448 g/mol. The van der Waals surface area contributed by atoms with Crippen LogP contribution in [0.4, 0.5) is 0 Å². The predicted molar refractivity (Wildman–Crippen MR) is 115 cm³/mol. The second-order valence-electron chi connectivity index (χ2n) is 7.22. The molecule has 0 atom stereocenters. The first kappa shape index (κ1) is 18.2. The van der Waals surface area contributed by atoms with Gasteiger partial charge >= 0.3 is 0 Å². The summed E-state index contributed by atoms with van der Waals surface area (Å²) in [5, 5.41) is 0.602. The minimum absolute atomic E-state index is 0.0222. The summed E-state index contributed by atoms with van der Waals surface area (Å²) in [6.07, 6.45) is 4.34. The SMILES string of the molecule is O=c1c(CN2CCc3nc(-c4ccccc4)ncc3C2)coc2ccc(Br)cc12. The van der Waals surface area contributed by atoms with Crippen molar-refractivity contribution in [1.29, 1.82) is 0 Å². The van der Waals surface area contributed by atoms with Crippen LogP contribution in [0.2, 0.25) is 0 Å². The molecule has 1 aliphatic rings. The lowest BCUT2D eigenvalue weighted by Crippen LogP contribution is -2.32. The third kappa shape index (κ3) is 3.61. The molecule has 0 aliphatic carbocycles. The van der Waals surface area contributed by atoms with Crippen LogP contribution in [0, 0.1) is 0 Å². The van der Waals surface area contributed by atoms with Gasteiger partial charge in [-0.2, -0.15) is 0 Å². The molecule has 6 heteroatoms. The normalized spacial score (nSPS) is 14.1. The van der Waals surface area contributed by atoms with Gasteiger partial charge in [-0.05, 0) is 18.2 Å². The van der Waals surface area contributed by atoms with Gasteiger partial charge in [-0.25, -0.2) is 9.97 Å². The summed E-state index contributed by atoms with van der Waals surface area (Å²) in [4.78, 5) is 24.4. The maximum Gasteiger partial charge on any atom is 0.197 e. The molecular weight excluding hydrogens is 430 g/mol. The van der Waals surface area contributed by atoms with Gasteiger partial charge in [0.25, 0.3) is 0 Å². The van der Waals surface area contributed by atoms with E-state index < -0.39 is 0 Å². The first-order valence-corrected chi connectivity index (χ1v) is 10.3. The van der Waals surface area contributed by atoms with E-state index in [9.17, 15) is 4.79 Å². The molecular formula is C23H18BrN3O2. The largest absolute Gasteiger partial charge is 0.464 e. The molecule has 0 radical (unpaired) electrons. The molecule has 5 rings (SSSR count). The average Bonchev–Trinajstić information content (AvgIpc) is 2.76. The molecule has 4 aromatic rings. The topological polar surface area (TPSA) is 59.2 Å². The van der Waals surface area contributed by atoms with Gasteiger partial charge in [0.1, 0.15) is 5.58 Å². The van der Waals surface area contributed by atoms with Crippen molar-refractivity contribution in [1.82, 2.24) is 14.9 Å². The quantitative estimate of drug-likeness (QED) is 0.460. The molecule has 0 saturated carbocycles. The summed E-state index contributed by atoms with van der Waals surface area (Å²) >= 11 is 3.43. The van der Waals surface area contributed by atoms with E-state index in [2.05, 4.69) is 25.8 Å². The van der Waals surface area contributed by atoms with Crippen molar-refractivity contribution < 1.29 is 4.42 Å². The van der Waals surface area contributed by atoms with E-state index in [0.717, 1.165) is 46.6 Å². The highest BCUT2D eigenvalue weighted by atomic mass is 79.9. The van der Waals surface area contributed by atoms with Crippen LogP contribution < -0.4 is 5.43 Å². The van der Waals surface area contributed by atoms with E-state index in [1.165, 1.54) is 0 Å². The Morgan fingerprint density at radius 3 is 2.86 bits per heavy atom. The number of hydrogen-bond acceptors (Lipinski definition) is 5. The van der Waals surface area contributed by atoms with E-state index in [4.69, 9.17) is 9.40 Å². The van der Waals surface area contributed by atoms with Gasteiger partial charge in [0.15, 0.2) is 11.3 Å². The zero-order valence-electron chi connectivity index (χ0n) is 15.6. The highest BCUT2D eigenvalue weighted by Crippen LogP contribution is 2.23. The number of halogens is 1. The van der Waals surface area contributed by atoms with Crippen molar-refractivity contribution >= 4 is 26.9 Å². The van der Waals surface area contributed by atoms with Gasteiger partial charge in [0.05, 0.1) is 17.3 Å². The standard InChI is InChI=1S/C23H18BrN3O2/c24-18-6-7-21-19(10-18)22(28)17(14-29-21)13-27-9-8-20-16(12-27)11-25-23(26-20)15-4-2-1-3-5-15/h1-7,10-11,14H,8-9,12-13H2. The highest BCUT2D eigenvalue weighted by molar-refractivity contribution is 9.10. The first-order valence-electron chi connectivity index (χ1n) is 9.50. The molecule has 0 amide bonds. The Bertz CT molecular complexity index is 1250. The molecule has 1 aliphatic heterocycles. The molecule has 3 heterocycles. The van der Waals surface area contributed by atoms with Crippen LogP contribution >= 0.6 is 15.9 Å². The van der Waals surface area contributed by atoms with E-state index >= 15 is 0 Å². The summed E-state index contributed by atoms with van der Waals surface area (Å²) < 4.78 is 6.55. The maximum atomic E-state index is 12.9. The summed E-state index contributed by atoms with van der Waals surface area (Å²) in [7, 11) is 0. The smallest absolute Gasteiger partial charge is 0.197 e. The van der Waals surface area contributed by atoms with Crippen LogP contribution in [-0.4, -0.2) is 21.4 Å². The molecule has 0 N–H and O–H groups in total. The van der Waals surface area contributed by atoms with Gasteiger partial charge in [-0.15, -0.1) is 0 Å². The fourth-order valence-corrected chi connectivity index (χ4v) is 4.09. The molecule has 0 fully saturated rings. The van der Waals surface area contributed by atoms with Crippen LogP contribution in [0.15, 0.2) is 74.7 Å². The Hall–Kier alpha value is -2.83. The number of rotatable bonds is 3. The van der Waals surface area contributed by atoms with Crippen molar-refractivity contribution in [2.75, 3.05) is 6.54 Å². The van der Waals surface area contributed by atoms with Crippen LogP contribution in [0.1, 0.15) is 16.8 Å². The van der Waals surface area contributed by atoms with Crippen LogP contribution in [-0.2, 0) is 19.5 Å². The van der Waals surface area contributed by atoms with Gasteiger partial charge in [0.2, 0.25) is 0 Å². The van der Waals surface area contributed by atoms with Crippen molar-refractivity contribution in [2.45, 2.75) is 19.5 Å². The zero-order valence-corrected chi connectivity index (χ0v) is 17.2. The van der Waals surface area contributed by atoms with Crippen LogP contribution in [0.25, 0.3) is 22.4 Å². The third-order valence-corrected chi connectivity index (χ3v) is 5.74. The van der Waals surface area contributed by atoms with Gasteiger partial charge < -0.3 is 4.42 Å². The molecule has 2 aromatic heterocycles. The summed E-state index contributed by atoms with van der Waals surface area (Å²) in [6, 6.07) is 15.5. The molecule has 2 aromatic carbocycles. The number of benzene rings is 2. The third-order valence-electron chi connectivity index (χ3n) is 5.24. The van der Waals surface area contributed by atoms with Gasteiger partial charge in [0, 0.05) is 53.4 Å². The molecule has 0 saturated heterocycles. The summed E-state index contributed by atoms with van der Waals surface area (Å²) in [5.74, 6) is 0.763. The van der Waals surface area contributed by atoms with Crippen LogP contribution in [0.5, 0.6) is 0 Å². The van der Waals surface area contributed by atoms with Gasteiger partial charge in [-0.1, -0.05) is 46.3 Å². The molecule has 5 nitrogen and oxygen atoms in total. The fourth-order valence-electron chi connectivity index (χ4n) is 3.73. The van der Waals surface area contributed by atoms with Crippen molar-refractivity contribution in [3.05, 3.63) is 92.5 Å². The zero-order chi connectivity index (χ0) is 19.8. The Labute approximate surface area is 176 Å². The Balaban J connectivity index is 1.38. The van der Waals surface area contributed by atoms with Crippen molar-refractivity contribution in [2.24, 2.45) is 0 Å². The Kier molecular flexibility index (Phi) is 4.73. The van der Waals surface area contributed by atoms with Crippen LogP contribution in [0.3, 0.4) is 0 Å². The monoisotopic (exact) mass is 447 g/mol. The Morgan fingerprint density at radius 1 is 1.14 bits per heavy atom. The van der Waals surface area contributed by atoms with E-state index in [1.54, 1.807) is 6.26 Å². The van der Waals surface area contributed by atoms with Gasteiger partial charge in [-0.3, -0.25) is 9.69 Å². The number of fused-ring (bicyclic) bond motifs is 2. The number of aromatic nitrogens is 2. The van der Waals surface area contributed by atoms with Crippen molar-refractivity contribution in [3.8, 4) is 11.4 Å². The minimum Gasteiger partial charge on any atom is -0.464 e. The fraction of sp³-hybridized carbons (Fsp3) is 0.174. The second kappa shape index (κ2) is 7.54. The lowest BCUT2D eigenvalue weighted by molar-refractivity contribution is 0.240. The summed E-state index contributed by atoms with van der Waals surface area (Å²) in [6.45, 7) is 2.11. The maximum absolute atomic E-state index is 12.9. The second-order valence-corrected chi connectivity index (χ2v) is 8.14. The Morgan fingerprint density at radius 2 is 2.00 bits per heavy atom. The summed E-state index contributed by atoms with van der Waals surface area (Å²) in [5.41, 5.74) is 4.52. The highest BCUT2D eigenvalue weighted by Gasteiger charge is 2.20. The van der Waals surface area contributed by atoms with E-state index in [1.807, 2.05) is 54.7 Å². The number of hydrogen-bond donors (Lipinski definition) is 0. The minimum atomic E-state index is 0.0222. The lowest BCUT2D eigenvalue weighted by Gasteiger charge is -2.27. The van der Waals surface area contributed by atoms with Crippen molar-refractivity contribution in [3.63, 3.8) is 0 Å². The first-order chi connectivity index (χ1) is 14.2. The number of nitrogens with zero attached hydrogens (tertiary/aromatic N) is 3. The van der Waals surface area contributed by atoms with E-state index in [0.29, 0.717) is 23.1 Å². The molecule has 144 valence electrons.